The van der Waals surface area contributed by atoms with Crippen LogP contribution in [0.15, 0.2) is 24.3 Å². The van der Waals surface area contributed by atoms with E-state index in [0.717, 1.165) is 18.5 Å². The van der Waals surface area contributed by atoms with Crippen LogP contribution in [0.2, 0.25) is 0 Å². The second kappa shape index (κ2) is 2.33. The van der Waals surface area contributed by atoms with Crippen molar-refractivity contribution in [1.82, 2.24) is 5.32 Å². The molecule has 1 saturated carbocycles. The van der Waals surface area contributed by atoms with Gasteiger partial charge in [0.2, 0.25) is 0 Å². The zero-order valence-corrected chi connectivity index (χ0v) is 7.09. The number of benzene rings is 1. The van der Waals surface area contributed by atoms with Gasteiger partial charge >= 0.3 is 0 Å². The van der Waals surface area contributed by atoms with Gasteiger partial charge in [0.25, 0.3) is 0 Å². The second-order valence-electron chi connectivity index (χ2n) is 3.94. The highest BCUT2D eigenvalue weighted by Crippen LogP contribution is 2.40. The molecule has 62 valence electrons. The van der Waals surface area contributed by atoms with Crippen LogP contribution >= 0.6 is 0 Å². The van der Waals surface area contributed by atoms with Crippen molar-refractivity contribution in [3.63, 3.8) is 0 Å². The first-order chi connectivity index (χ1) is 5.93. The highest BCUT2D eigenvalue weighted by atomic mass is 14.9. The molecule has 1 fully saturated rings. The van der Waals surface area contributed by atoms with E-state index in [1.165, 1.54) is 18.4 Å². The molecule has 2 bridgehead atoms. The molecule has 12 heavy (non-hydrogen) atoms. The summed E-state index contributed by atoms with van der Waals surface area (Å²) < 4.78 is 0. The Bertz CT molecular complexity index is 297. The van der Waals surface area contributed by atoms with Crippen LogP contribution in [0.25, 0.3) is 0 Å². The summed E-state index contributed by atoms with van der Waals surface area (Å²) in [5.74, 6) is 0.862. The minimum Gasteiger partial charge on any atom is -0.310 e. The summed E-state index contributed by atoms with van der Waals surface area (Å²) in [4.78, 5) is 0. The molecule has 0 radical (unpaired) electrons. The van der Waals surface area contributed by atoms with Crippen LogP contribution in [-0.2, 0) is 6.54 Å². The fraction of sp³-hybridized carbons (Fsp3) is 0.455. The highest BCUT2D eigenvalue weighted by Gasteiger charge is 2.33. The zero-order chi connectivity index (χ0) is 7.97. The lowest BCUT2D eigenvalue weighted by atomic mass is 9.76. The Labute approximate surface area is 72.8 Å². The molecule has 2 heterocycles. The van der Waals surface area contributed by atoms with Crippen molar-refractivity contribution in [2.45, 2.75) is 31.3 Å². The normalized spacial score (nSPS) is 31.7. The van der Waals surface area contributed by atoms with Crippen LogP contribution in [-0.4, -0.2) is 6.04 Å². The monoisotopic (exact) mass is 159 g/mol. The van der Waals surface area contributed by atoms with Gasteiger partial charge in [0, 0.05) is 12.6 Å². The van der Waals surface area contributed by atoms with E-state index in [1.54, 1.807) is 5.56 Å². The van der Waals surface area contributed by atoms with Crippen LogP contribution in [0.5, 0.6) is 0 Å². The van der Waals surface area contributed by atoms with E-state index < -0.39 is 0 Å². The topological polar surface area (TPSA) is 12.0 Å². The van der Waals surface area contributed by atoms with E-state index in [4.69, 9.17) is 0 Å². The van der Waals surface area contributed by atoms with Gasteiger partial charge in [-0.2, -0.15) is 0 Å². The smallest absolute Gasteiger partial charge is 0.0210 e. The fourth-order valence-electron chi connectivity index (χ4n) is 2.39. The maximum atomic E-state index is 3.57. The lowest BCUT2D eigenvalue weighted by Crippen LogP contribution is -2.36. The van der Waals surface area contributed by atoms with Gasteiger partial charge < -0.3 is 5.32 Å². The summed E-state index contributed by atoms with van der Waals surface area (Å²) in [6.45, 7) is 1.08. The molecule has 0 atom stereocenters. The summed E-state index contributed by atoms with van der Waals surface area (Å²) in [5, 5.41) is 3.57. The van der Waals surface area contributed by atoms with E-state index in [1.807, 2.05) is 0 Å². The van der Waals surface area contributed by atoms with E-state index in [9.17, 15) is 0 Å². The number of hydrogen-bond acceptors (Lipinski definition) is 1. The highest BCUT2D eigenvalue weighted by molar-refractivity contribution is 5.34. The predicted octanol–water partition coefficient (Wildman–Crippen LogP) is 2.04. The molecule has 4 rings (SSSR count). The first-order valence-electron chi connectivity index (χ1n) is 4.74. The molecule has 1 heteroatoms. The Morgan fingerprint density at radius 2 is 2.00 bits per heavy atom. The molecule has 0 amide bonds. The summed E-state index contributed by atoms with van der Waals surface area (Å²) in [7, 11) is 0. The number of nitrogens with one attached hydrogen (secondary N) is 1. The van der Waals surface area contributed by atoms with Crippen LogP contribution < -0.4 is 5.32 Å². The van der Waals surface area contributed by atoms with Crippen LogP contribution in [0.3, 0.4) is 0 Å². The molecule has 0 saturated heterocycles. The molecule has 0 spiro atoms. The molecular formula is C11H13N. The summed E-state index contributed by atoms with van der Waals surface area (Å²) >= 11 is 0. The van der Waals surface area contributed by atoms with Gasteiger partial charge in [-0.15, -0.1) is 0 Å². The van der Waals surface area contributed by atoms with Crippen LogP contribution in [0.1, 0.15) is 29.9 Å². The molecule has 2 aliphatic heterocycles. The van der Waals surface area contributed by atoms with Crippen LogP contribution in [0.4, 0.5) is 0 Å². The van der Waals surface area contributed by atoms with Crippen molar-refractivity contribution in [2.75, 3.05) is 0 Å². The Morgan fingerprint density at radius 3 is 2.92 bits per heavy atom. The lowest BCUT2D eigenvalue weighted by molar-refractivity contribution is 0.306. The number of rotatable bonds is 0. The molecular weight excluding hydrogens is 146 g/mol. The Hall–Kier alpha value is -0.820. The van der Waals surface area contributed by atoms with Gasteiger partial charge in [0.05, 0.1) is 0 Å². The van der Waals surface area contributed by atoms with Crippen LogP contribution in [0, 0.1) is 0 Å². The van der Waals surface area contributed by atoms with E-state index in [2.05, 4.69) is 29.6 Å². The third kappa shape index (κ3) is 0.831. The quantitative estimate of drug-likeness (QED) is 0.610. The van der Waals surface area contributed by atoms with Crippen molar-refractivity contribution in [3.05, 3.63) is 35.4 Å². The first-order valence-corrected chi connectivity index (χ1v) is 4.74. The Morgan fingerprint density at radius 1 is 1.17 bits per heavy atom. The molecule has 3 aliphatic rings. The molecule has 1 aromatic carbocycles. The standard InChI is InChI=1S/C11H13N/c1-2-4-11-8(3-1)7-12-10-5-9(11)6-10/h1-4,9-10,12H,5-7H2. The van der Waals surface area contributed by atoms with E-state index >= 15 is 0 Å². The van der Waals surface area contributed by atoms with Crippen molar-refractivity contribution in [3.8, 4) is 0 Å². The van der Waals surface area contributed by atoms with Crippen molar-refractivity contribution < 1.29 is 0 Å². The minimum atomic E-state index is 0.808. The molecule has 1 aliphatic carbocycles. The summed E-state index contributed by atoms with van der Waals surface area (Å²) in [6, 6.07) is 9.66. The largest absolute Gasteiger partial charge is 0.310 e. The third-order valence-electron chi connectivity index (χ3n) is 3.21. The average molecular weight is 159 g/mol. The fourth-order valence-corrected chi connectivity index (χ4v) is 2.39. The SMILES string of the molecule is c1ccc2c(c1)CNC1CC2C1. The maximum absolute atomic E-state index is 3.57. The van der Waals surface area contributed by atoms with Gasteiger partial charge in [-0.05, 0) is 29.9 Å². The summed E-state index contributed by atoms with van der Waals surface area (Å²) in [6.07, 6.45) is 2.72. The number of fused-ring (bicyclic) bond motifs is 1. The van der Waals surface area contributed by atoms with Gasteiger partial charge in [-0.1, -0.05) is 24.3 Å². The van der Waals surface area contributed by atoms with Gasteiger partial charge in [0.1, 0.15) is 0 Å². The molecule has 1 nitrogen and oxygen atoms in total. The van der Waals surface area contributed by atoms with Gasteiger partial charge in [0.15, 0.2) is 0 Å². The average Bonchev–Trinajstić information content (AvgIpc) is 2.30. The molecule has 1 N–H and O–H groups in total. The lowest BCUT2D eigenvalue weighted by Gasteiger charge is -2.33. The van der Waals surface area contributed by atoms with Gasteiger partial charge in [-0.25, -0.2) is 0 Å². The van der Waals surface area contributed by atoms with Gasteiger partial charge in [-0.3, -0.25) is 0 Å². The zero-order valence-electron chi connectivity index (χ0n) is 7.09. The Kier molecular flexibility index (Phi) is 1.30. The molecule has 0 aromatic heterocycles. The molecule has 0 unspecified atom stereocenters. The first kappa shape index (κ1) is 6.67. The van der Waals surface area contributed by atoms with Crippen molar-refractivity contribution in [1.29, 1.82) is 0 Å². The maximum Gasteiger partial charge on any atom is 0.0210 e. The van der Waals surface area contributed by atoms with Crippen molar-refractivity contribution in [2.24, 2.45) is 0 Å². The van der Waals surface area contributed by atoms with Crippen molar-refractivity contribution >= 4 is 0 Å². The van der Waals surface area contributed by atoms with E-state index in [-0.39, 0.29) is 0 Å². The third-order valence-corrected chi connectivity index (χ3v) is 3.21. The minimum absolute atomic E-state index is 0.808. The van der Waals surface area contributed by atoms with E-state index in [0.29, 0.717) is 0 Å². The summed E-state index contributed by atoms with van der Waals surface area (Å²) in [5.41, 5.74) is 3.11. The molecule has 1 aromatic rings. The second-order valence-corrected chi connectivity index (χ2v) is 3.94. The predicted molar refractivity (Wildman–Crippen MR) is 49.0 cm³/mol. The Balaban J connectivity index is 2.09. The number of hydrogen-bond donors (Lipinski definition) is 1.